The molecule has 3 nitrogen and oxygen atoms in total. The van der Waals surface area contributed by atoms with E-state index in [0.29, 0.717) is 11.8 Å². The van der Waals surface area contributed by atoms with Crippen LogP contribution >= 0.6 is 23.5 Å². The largest absolute Gasteiger partial charge is 0.490 e. The minimum atomic E-state index is 0.0191. The zero-order valence-corrected chi connectivity index (χ0v) is 13.5. The summed E-state index contributed by atoms with van der Waals surface area (Å²) in [5.74, 6) is 0.907. The first kappa shape index (κ1) is 14.7. The molecule has 5 heteroatoms. The van der Waals surface area contributed by atoms with Crippen LogP contribution in [0.4, 0.5) is 0 Å². The van der Waals surface area contributed by atoms with E-state index in [1.165, 1.54) is 36.4 Å². The molecule has 1 aromatic rings. The molecule has 1 heterocycles. The average molecular weight is 319 g/mol. The maximum atomic E-state index is 11.8. The van der Waals surface area contributed by atoms with Gasteiger partial charge >= 0.3 is 0 Å². The van der Waals surface area contributed by atoms with E-state index >= 15 is 0 Å². The molecule has 0 saturated heterocycles. The lowest BCUT2D eigenvalue weighted by Gasteiger charge is -2.12. The van der Waals surface area contributed by atoms with Gasteiger partial charge in [0.15, 0.2) is 0 Å². The molecule has 1 aromatic carbocycles. The standard InChI is InChI=1S/C16H17NO2S2/c1-20-16-17-14(15(18)21-16)10-11-6-8-13(9-7-11)19-12-4-2-3-5-12/h6-10,12H,2-5H2,1H3/b14-10+. The highest BCUT2D eigenvalue weighted by Gasteiger charge is 2.21. The van der Waals surface area contributed by atoms with Gasteiger partial charge in [-0.2, -0.15) is 0 Å². The maximum absolute atomic E-state index is 11.8. The van der Waals surface area contributed by atoms with Crippen LogP contribution in [-0.4, -0.2) is 21.9 Å². The van der Waals surface area contributed by atoms with Crippen LogP contribution in [0.25, 0.3) is 6.08 Å². The van der Waals surface area contributed by atoms with E-state index < -0.39 is 0 Å². The summed E-state index contributed by atoms with van der Waals surface area (Å²) < 4.78 is 6.75. The van der Waals surface area contributed by atoms with Crippen LogP contribution in [0.15, 0.2) is 35.0 Å². The van der Waals surface area contributed by atoms with Crippen molar-refractivity contribution in [2.75, 3.05) is 6.26 Å². The molecule has 0 N–H and O–H groups in total. The van der Waals surface area contributed by atoms with Gasteiger partial charge in [0.1, 0.15) is 15.8 Å². The Kier molecular flexibility index (Phi) is 4.70. The molecule has 0 radical (unpaired) electrons. The van der Waals surface area contributed by atoms with Gasteiger partial charge < -0.3 is 4.74 Å². The Bertz CT molecular complexity index is 587. The first-order valence-corrected chi connectivity index (χ1v) is 9.12. The third-order valence-electron chi connectivity index (χ3n) is 3.56. The van der Waals surface area contributed by atoms with Crippen LogP contribution in [-0.2, 0) is 4.79 Å². The summed E-state index contributed by atoms with van der Waals surface area (Å²) >= 11 is 2.70. The lowest BCUT2D eigenvalue weighted by molar-refractivity contribution is -0.107. The van der Waals surface area contributed by atoms with Gasteiger partial charge in [0.2, 0.25) is 5.12 Å². The van der Waals surface area contributed by atoms with E-state index in [-0.39, 0.29) is 5.12 Å². The molecule has 1 aliphatic carbocycles. The van der Waals surface area contributed by atoms with Crippen molar-refractivity contribution < 1.29 is 9.53 Å². The van der Waals surface area contributed by atoms with E-state index in [9.17, 15) is 4.79 Å². The van der Waals surface area contributed by atoms with Gasteiger partial charge in [-0.25, -0.2) is 4.99 Å². The fourth-order valence-electron chi connectivity index (χ4n) is 2.48. The van der Waals surface area contributed by atoms with Gasteiger partial charge in [0.05, 0.1) is 6.10 Å². The van der Waals surface area contributed by atoms with Gasteiger partial charge in [-0.15, -0.1) is 11.8 Å². The smallest absolute Gasteiger partial charge is 0.244 e. The summed E-state index contributed by atoms with van der Waals surface area (Å²) in [4.78, 5) is 16.1. The Morgan fingerprint density at radius 2 is 2.00 bits per heavy atom. The van der Waals surface area contributed by atoms with Crippen LogP contribution in [0, 0.1) is 0 Å². The van der Waals surface area contributed by atoms with Crippen LogP contribution in [0.3, 0.4) is 0 Å². The Hall–Kier alpha value is -1.20. The normalized spacial score (nSPS) is 21.1. The number of aliphatic imine (C=N–C) groups is 1. The average Bonchev–Trinajstić information content (AvgIpc) is 3.11. The molecular formula is C16H17NO2S2. The first-order chi connectivity index (χ1) is 10.2. The second-order valence-electron chi connectivity index (χ2n) is 5.09. The number of carbonyl (C=O) groups is 1. The van der Waals surface area contributed by atoms with E-state index in [0.717, 1.165) is 28.5 Å². The first-order valence-electron chi connectivity index (χ1n) is 7.08. The topological polar surface area (TPSA) is 38.7 Å². The lowest BCUT2D eigenvalue weighted by atomic mass is 10.2. The van der Waals surface area contributed by atoms with Crippen molar-refractivity contribution >= 4 is 39.1 Å². The summed E-state index contributed by atoms with van der Waals surface area (Å²) in [6.45, 7) is 0. The quantitative estimate of drug-likeness (QED) is 0.777. The summed E-state index contributed by atoms with van der Waals surface area (Å²) in [5, 5.41) is 0.0191. The molecule has 1 fully saturated rings. The molecule has 0 atom stereocenters. The second-order valence-corrected chi connectivity index (χ2v) is 7.11. The molecule has 0 unspecified atom stereocenters. The summed E-state index contributed by atoms with van der Waals surface area (Å²) in [6.07, 6.45) is 8.98. The van der Waals surface area contributed by atoms with E-state index in [1.807, 2.05) is 36.6 Å². The van der Waals surface area contributed by atoms with E-state index in [2.05, 4.69) is 4.99 Å². The number of carbonyl (C=O) groups excluding carboxylic acids is 1. The van der Waals surface area contributed by atoms with Crippen molar-refractivity contribution in [3.05, 3.63) is 35.5 Å². The van der Waals surface area contributed by atoms with Gasteiger partial charge in [0, 0.05) is 0 Å². The molecule has 0 aromatic heterocycles. The number of hydrogen-bond donors (Lipinski definition) is 0. The molecule has 1 aliphatic heterocycles. The number of rotatable bonds is 3. The Morgan fingerprint density at radius 3 is 2.62 bits per heavy atom. The predicted molar refractivity (Wildman–Crippen MR) is 90.9 cm³/mol. The molecule has 21 heavy (non-hydrogen) atoms. The molecule has 0 bridgehead atoms. The van der Waals surface area contributed by atoms with Crippen molar-refractivity contribution in [2.24, 2.45) is 4.99 Å². The number of nitrogens with zero attached hydrogens (tertiary/aromatic N) is 1. The predicted octanol–water partition coefficient (Wildman–Crippen LogP) is 4.34. The van der Waals surface area contributed by atoms with Crippen molar-refractivity contribution in [3.63, 3.8) is 0 Å². The summed E-state index contributed by atoms with van der Waals surface area (Å²) in [5.41, 5.74) is 1.50. The Balaban J connectivity index is 1.69. The van der Waals surface area contributed by atoms with Crippen LogP contribution in [0.5, 0.6) is 5.75 Å². The molecule has 0 spiro atoms. The lowest BCUT2D eigenvalue weighted by Crippen LogP contribution is -2.10. The number of ether oxygens (including phenoxy) is 1. The number of benzene rings is 1. The fourth-order valence-corrected chi connectivity index (χ4v) is 3.74. The van der Waals surface area contributed by atoms with Crippen LogP contribution in [0.2, 0.25) is 0 Å². The monoisotopic (exact) mass is 319 g/mol. The molecular weight excluding hydrogens is 302 g/mol. The second kappa shape index (κ2) is 6.71. The minimum absolute atomic E-state index is 0.0191. The summed E-state index contributed by atoms with van der Waals surface area (Å²) in [6, 6.07) is 7.89. The molecule has 2 aliphatic rings. The Labute approximate surface area is 133 Å². The van der Waals surface area contributed by atoms with Gasteiger partial charge in [-0.3, -0.25) is 4.79 Å². The third-order valence-corrected chi connectivity index (χ3v) is 5.41. The van der Waals surface area contributed by atoms with E-state index in [4.69, 9.17) is 4.74 Å². The highest BCUT2D eigenvalue weighted by Crippen LogP contribution is 2.30. The van der Waals surface area contributed by atoms with Crippen molar-refractivity contribution in [2.45, 2.75) is 31.8 Å². The van der Waals surface area contributed by atoms with Crippen LogP contribution in [0.1, 0.15) is 31.2 Å². The molecule has 0 amide bonds. The number of hydrogen-bond acceptors (Lipinski definition) is 5. The van der Waals surface area contributed by atoms with Crippen LogP contribution < -0.4 is 4.74 Å². The Morgan fingerprint density at radius 1 is 1.29 bits per heavy atom. The SMILES string of the molecule is CSC1=N/C(=C/c2ccc(OC3CCCC3)cc2)C(=O)S1. The van der Waals surface area contributed by atoms with Crippen molar-refractivity contribution in [1.29, 1.82) is 0 Å². The van der Waals surface area contributed by atoms with Crippen molar-refractivity contribution in [3.8, 4) is 5.75 Å². The van der Waals surface area contributed by atoms with E-state index in [1.54, 1.807) is 0 Å². The number of thioether (sulfide) groups is 2. The highest BCUT2D eigenvalue weighted by atomic mass is 32.2. The third kappa shape index (κ3) is 3.71. The van der Waals surface area contributed by atoms with Gasteiger partial charge in [0.25, 0.3) is 0 Å². The fraction of sp³-hybridized carbons (Fsp3) is 0.375. The summed E-state index contributed by atoms with van der Waals surface area (Å²) in [7, 11) is 0. The van der Waals surface area contributed by atoms with Gasteiger partial charge in [-0.05, 0) is 67.5 Å². The molecule has 110 valence electrons. The highest BCUT2D eigenvalue weighted by molar-refractivity contribution is 8.45. The molecule has 3 rings (SSSR count). The zero-order valence-electron chi connectivity index (χ0n) is 11.9. The van der Waals surface area contributed by atoms with Gasteiger partial charge in [-0.1, -0.05) is 12.1 Å². The van der Waals surface area contributed by atoms with Crippen molar-refractivity contribution in [1.82, 2.24) is 0 Å². The minimum Gasteiger partial charge on any atom is -0.490 e. The maximum Gasteiger partial charge on any atom is 0.244 e. The zero-order chi connectivity index (χ0) is 14.7. The molecule has 1 saturated carbocycles.